The van der Waals surface area contributed by atoms with Crippen LogP contribution in [0.2, 0.25) is 0 Å². The molecule has 30 heavy (non-hydrogen) atoms. The zero-order valence-electron chi connectivity index (χ0n) is 17.1. The average Bonchev–Trinajstić information content (AvgIpc) is 3.20. The lowest BCUT2D eigenvalue weighted by atomic mass is 9.93. The van der Waals surface area contributed by atoms with Crippen molar-refractivity contribution in [3.8, 4) is 11.5 Å². The maximum atomic E-state index is 12.5. The second kappa shape index (κ2) is 10.5. The van der Waals surface area contributed by atoms with Gasteiger partial charge in [0.25, 0.3) is 0 Å². The van der Waals surface area contributed by atoms with Crippen LogP contribution in [0.25, 0.3) is 11.5 Å². The highest BCUT2D eigenvalue weighted by molar-refractivity contribution is 5.79. The monoisotopic (exact) mass is 423 g/mol. The molecule has 0 bridgehead atoms. The standard InChI is InChI=1S/C21H28F3N5O/c1-25-20(26-10-7-16-8-11-29(12-9-16)15-21(22,23)24)27-13-18-14-30-19(28-18)17-5-3-2-4-6-17/h2-6,14,16H,7-13,15H2,1H3,(H2,25,26,27). The van der Waals surface area contributed by atoms with Gasteiger partial charge in [0.2, 0.25) is 5.89 Å². The topological polar surface area (TPSA) is 65.7 Å². The number of nitrogens with one attached hydrogen (secondary N) is 2. The van der Waals surface area contributed by atoms with Crippen LogP contribution in [-0.4, -0.2) is 55.2 Å². The van der Waals surface area contributed by atoms with Gasteiger partial charge in [-0.3, -0.25) is 9.89 Å². The van der Waals surface area contributed by atoms with E-state index in [1.807, 2.05) is 30.3 Å². The summed E-state index contributed by atoms with van der Waals surface area (Å²) in [6, 6.07) is 9.69. The second-order valence-electron chi connectivity index (χ2n) is 7.49. The van der Waals surface area contributed by atoms with Crippen LogP contribution < -0.4 is 10.6 Å². The van der Waals surface area contributed by atoms with E-state index in [2.05, 4.69) is 20.6 Å². The molecule has 0 radical (unpaired) electrons. The minimum Gasteiger partial charge on any atom is -0.444 e. The van der Waals surface area contributed by atoms with Gasteiger partial charge in [0.05, 0.1) is 18.8 Å². The molecule has 0 unspecified atom stereocenters. The highest BCUT2D eigenvalue weighted by atomic mass is 19.4. The Morgan fingerprint density at radius 3 is 2.60 bits per heavy atom. The third-order valence-corrected chi connectivity index (χ3v) is 5.19. The van der Waals surface area contributed by atoms with E-state index in [-0.39, 0.29) is 0 Å². The highest BCUT2D eigenvalue weighted by Crippen LogP contribution is 2.24. The Morgan fingerprint density at radius 2 is 1.93 bits per heavy atom. The van der Waals surface area contributed by atoms with Crippen molar-refractivity contribution in [2.45, 2.75) is 32.0 Å². The van der Waals surface area contributed by atoms with E-state index in [9.17, 15) is 13.2 Å². The molecule has 1 fully saturated rings. The molecule has 0 atom stereocenters. The number of benzene rings is 1. The van der Waals surface area contributed by atoms with Crippen LogP contribution in [0.4, 0.5) is 13.2 Å². The first-order chi connectivity index (χ1) is 14.4. The number of alkyl halides is 3. The van der Waals surface area contributed by atoms with Crippen LogP contribution >= 0.6 is 0 Å². The van der Waals surface area contributed by atoms with Crippen LogP contribution in [0.1, 0.15) is 25.0 Å². The molecule has 0 saturated carbocycles. The van der Waals surface area contributed by atoms with Crippen LogP contribution in [0.3, 0.4) is 0 Å². The zero-order valence-corrected chi connectivity index (χ0v) is 17.1. The molecule has 1 aromatic heterocycles. The number of hydrogen-bond donors (Lipinski definition) is 2. The van der Waals surface area contributed by atoms with Crippen molar-refractivity contribution in [2.75, 3.05) is 33.2 Å². The van der Waals surface area contributed by atoms with Gasteiger partial charge in [0.15, 0.2) is 5.96 Å². The number of oxazole rings is 1. The normalized spacial score (nSPS) is 16.6. The number of aliphatic imine (C=N–C) groups is 1. The van der Waals surface area contributed by atoms with E-state index in [1.165, 1.54) is 4.90 Å². The summed E-state index contributed by atoms with van der Waals surface area (Å²) in [6.45, 7) is 1.41. The highest BCUT2D eigenvalue weighted by Gasteiger charge is 2.32. The molecule has 2 aromatic rings. The Hall–Kier alpha value is -2.55. The third kappa shape index (κ3) is 7.05. The molecule has 2 heterocycles. The molecule has 0 aliphatic carbocycles. The smallest absolute Gasteiger partial charge is 0.401 e. The second-order valence-corrected chi connectivity index (χ2v) is 7.49. The summed E-state index contributed by atoms with van der Waals surface area (Å²) in [4.78, 5) is 10.2. The molecule has 1 aromatic carbocycles. The molecule has 2 N–H and O–H groups in total. The zero-order chi connectivity index (χ0) is 21.4. The van der Waals surface area contributed by atoms with E-state index in [1.54, 1.807) is 13.3 Å². The number of likely N-dealkylation sites (tertiary alicyclic amines) is 1. The third-order valence-electron chi connectivity index (χ3n) is 5.19. The molecule has 164 valence electrons. The van der Waals surface area contributed by atoms with Crippen molar-refractivity contribution in [2.24, 2.45) is 10.9 Å². The van der Waals surface area contributed by atoms with Gasteiger partial charge in [-0.1, -0.05) is 18.2 Å². The van der Waals surface area contributed by atoms with Crippen molar-refractivity contribution in [3.05, 3.63) is 42.3 Å². The molecule has 9 heteroatoms. The lowest BCUT2D eigenvalue weighted by molar-refractivity contribution is -0.148. The Balaban J connectivity index is 1.35. The summed E-state index contributed by atoms with van der Waals surface area (Å²) in [5.74, 6) is 1.67. The first kappa shape index (κ1) is 22.1. The van der Waals surface area contributed by atoms with Gasteiger partial charge in [-0.25, -0.2) is 4.98 Å². The largest absolute Gasteiger partial charge is 0.444 e. The van der Waals surface area contributed by atoms with E-state index in [0.717, 1.165) is 37.1 Å². The Bertz CT molecular complexity index is 798. The van der Waals surface area contributed by atoms with Gasteiger partial charge in [0, 0.05) is 19.2 Å². The summed E-state index contributed by atoms with van der Waals surface area (Å²) in [5, 5.41) is 6.47. The van der Waals surface area contributed by atoms with Gasteiger partial charge in [-0.05, 0) is 50.4 Å². The first-order valence-corrected chi connectivity index (χ1v) is 10.2. The van der Waals surface area contributed by atoms with Gasteiger partial charge in [-0.2, -0.15) is 13.2 Å². The van der Waals surface area contributed by atoms with Crippen LogP contribution in [0.5, 0.6) is 0 Å². The first-order valence-electron chi connectivity index (χ1n) is 10.2. The van der Waals surface area contributed by atoms with Gasteiger partial charge in [0.1, 0.15) is 6.26 Å². The number of nitrogens with zero attached hydrogens (tertiary/aromatic N) is 3. The molecule has 6 nitrogen and oxygen atoms in total. The fourth-order valence-corrected chi connectivity index (χ4v) is 3.58. The predicted molar refractivity (Wildman–Crippen MR) is 110 cm³/mol. The van der Waals surface area contributed by atoms with Crippen LogP contribution in [0.15, 0.2) is 46.0 Å². The van der Waals surface area contributed by atoms with Gasteiger partial charge >= 0.3 is 6.18 Å². The number of guanidine groups is 1. The fourth-order valence-electron chi connectivity index (χ4n) is 3.58. The van der Waals surface area contributed by atoms with E-state index in [4.69, 9.17) is 4.42 Å². The maximum absolute atomic E-state index is 12.5. The number of hydrogen-bond acceptors (Lipinski definition) is 4. The summed E-state index contributed by atoms with van der Waals surface area (Å²) < 4.78 is 42.9. The van der Waals surface area contributed by atoms with Crippen molar-refractivity contribution < 1.29 is 17.6 Å². The predicted octanol–water partition coefficient (Wildman–Crippen LogP) is 3.67. The minimum atomic E-state index is -4.11. The molecule has 3 rings (SSSR count). The molecular weight excluding hydrogens is 395 g/mol. The fraction of sp³-hybridized carbons (Fsp3) is 0.524. The quantitative estimate of drug-likeness (QED) is 0.526. The summed E-state index contributed by atoms with van der Waals surface area (Å²) >= 11 is 0. The van der Waals surface area contributed by atoms with E-state index in [0.29, 0.717) is 37.4 Å². The van der Waals surface area contributed by atoms with Crippen molar-refractivity contribution in [1.82, 2.24) is 20.5 Å². The lowest BCUT2D eigenvalue weighted by Gasteiger charge is -2.32. The molecule has 0 spiro atoms. The SMILES string of the molecule is CN=C(NCCC1CCN(CC(F)(F)F)CC1)NCc1coc(-c2ccccc2)n1. The van der Waals surface area contributed by atoms with E-state index >= 15 is 0 Å². The van der Waals surface area contributed by atoms with Crippen molar-refractivity contribution in [3.63, 3.8) is 0 Å². The minimum absolute atomic E-state index is 0.434. The van der Waals surface area contributed by atoms with Gasteiger partial charge in [-0.15, -0.1) is 0 Å². The molecule has 1 aliphatic rings. The van der Waals surface area contributed by atoms with Crippen molar-refractivity contribution >= 4 is 5.96 Å². The van der Waals surface area contributed by atoms with Crippen molar-refractivity contribution in [1.29, 1.82) is 0 Å². The van der Waals surface area contributed by atoms with Crippen LogP contribution in [0, 0.1) is 5.92 Å². The number of aromatic nitrogens is 1. The Labute approximate surface area is 174 Å². The molecule has 0 amide bonds. The Morgan fingerprint density at radius 1 is 1.20 bits per heavy atom. The molecular formula is C21H28F3N5O. The average molecular weight is 423 g/mol. The number of piperidine rings is 1. The summed E-state index contributed by atoms with van der Waals surface area (Å²) in [7, 11) is 1.70. The maximum Gasteiger partial charge on any atom is 0.401 e. The number of rotatable bonds is 7. The summed E-state index contributed by atoms with van der Waals surface area (Å²) in [5.41, 5.74) is 1.70. The van der Waals surface area contributed by atoms with E-state index < -0.39 is 12.7 Å². The molecule has 1 aliphatic heterocycles. The Kier molecular flexibility index (Phi) is 7.73. The van der Waals surface area contributed by atoms with Crippen LogP contribution in [-0.2, 0) is 6.54 Å². The van der Waals surface area contributed by atoms with Gasteiger partial charge < -0.3 is 15.1 Å². The summed E-state index contributed by atoms with van der Waals surface area (Å²) in [6.07, 6.45) is 0.00819. The lowest BCUT2D eigenvalue weighted by Crippen LogP contribution is -2.41. The number of halogens is 3. The molecule has 1 saturated heterocycles.